The molecule has 1 aliphatic carbocycles. The highest BCUT2D eigenvalue weighted by molar-refractivity contribution is 5.91. The first-order valence-electron chi connectivity index (χ1n) is 9.15. The zero-order valence-electron chi connectivity index (χ0n) is 14.3. The van der Waals surface area contributed by atoms with Crippen molar-refractivity contribution in [1.29, 1.82) is 0 Å². The molecule has 1 aromatic carbocycles. The second kappa shape index (κ2) is 6.67. The van der Waals surface area contributed by atoms with Gasteiger partial charge in [-0.05, 0) is 31.7 Å². The van der Waals surface area contributed by atoms with Crippen LogP contribution >= 0.6 is 0 Å². The van der Waals surface area contributed by atoms with E-state index in [-0.39, 0.29) is 30.5 Å². The fourth-order valence-corrected chi connectivity index (χ4v) is 4.28. The van der Waals surface area contributed by atoms with Crippen LogP contribution in [0.4, 0.5) is 4.39 Å². The Balaban J connectivity index is 1.39. The number of amides is 1. The Hall–Kier alpha value is -1.50. The van der Waals surface area contributed by atoms with Crippen LogP contribution < -0.4 is 5.32 Å². The molecule has 6 heteroatoms. The molecule has 136 valence electrons. The molecule has 3 fully saturated rings. The van der Waals surface area contributed by atoms with Crippen molar-refractivity contribution < 1.29 is 19.0 Å². The summed E-state index contributed by atoms with van der Waals surface area (Å²) in [5.74, 6) is -0.338. The van der Waals surface area contributed by atoms with Gasteiger partial charge in [-0.25, -0.2) is 4.39 Å². The van der Waals surface area contributed by atoms with Crippen molar-refractivity contribution in [3.8, 4) is 0 Å². The molecule has 4 rings (SSSR count). The number of hydrogen-bond donors (Lipinski definition) is 2. The van der Waals surface area contributed by atoms with Crippen molar-refractivity contribution in [1.82, 2.24) is 10.2 Å². The highest BCUT2D eigenvalue weighted by Crippen LogP contribution is 2.49. The van der Waals surface area contributed by atoms with E-state index in [0.29, 0.717) is 37.5 Å². The topological polar surface area (TPSA) is 61.8 Å². The van der Waals surface area contributed by atoms with Crippen LogP contribution in [0, 0.1) is 5.82 Å². The Labute approximate surface area is 147 Å². The normalized spacial score (nSPS) is 30.7. The number of nitrogens with zero attached hydrogens (tertiary/aromatic N) is 1. The Morgan fingerprint density at radius 1 is 1.36 bits per heavy atom. The third kappa shape index (κ3) is 3.18. The Morgan fingerprint density at radius 2 is 2.16 bits per heavy atom. The third-order valence-corrected chi connectivity index (χ3v) is 5.85. The number of ether oxygens (including phenoxy) is 1. The molecule has 0 aromatic heterocycles. The second-order valence-electron chi connectivity index (χ2n) is 7.54. The summed E-state index contributed by atoms with van der Waals surface area (Å²) in [4.78, 5) is 15.2. The summed E-state index contributed by atoms with van der Waals surface area (Å²) in [6, 6.07) is 7.01. The maximum absolute atomic E-state index is 14.1. The molecule has 3 aliphatic rings. The van der Waals surface area contributed by atoms with Gasteiger partial charge in [0.05, 0.1) is 18.1 Å². The predicted octanol–water partition coefficient (Wildman–Crippen LogP) is 1.20. The molecule has 25 heavy (non-hydrogen) atoms. The smallest absolute Gasteiger partial charge is 0.231 e. The Morgan fingerprint density at radius 3 is 2.88 bits per heavy atom. The van der Waals surface area contributed by atoms with Gasteiger partial charge in [0.25, 0.3) is 0 Å². The van der Waals surface area contributed by atoms with Crippen LogP contribution in [0.2, 0.25) is 0 Å². The first kappa shape index (κ1) is 16.9. The number of hydrogen-bond acceptors (Lipinski definition) is 4. The number of aliphatic hydroxyl groups excluding tert-OH is 1. The Bertz CT molecular complexity index is 649. The number of carbonyl (C=O) groups is 1. The predicted molar refractivity (Wildman–Crippen MR) is 90.7 cm³/mol. The van der Waals surface area contributed by atoms with Gasteiger partial charge < -0.3 is 15.2 Å². The van der Waals surface area contributed by atoms with Crippen LogP contribution in [0.1, 0.15) is 31.2 Å². The molecule has 3 atom stereocenters. The number of carbonyl (C=O) groups excluding carboxylic acids is 1. The first-order chi connectivity index (χ1) is 12.1. The summed E-state index contributed by atoms with van der Waals surface area (Å²) < 4.78 is 19.9. The molecular weight excluding hydrogens is 323 g/mol. The molecule has 5 nitrogen and oxygen atoms in total. The third-order valence-electron chi connectivity index (χ3n) is 5.85. The minimum atomic E-state index is -0.676. The lowest BCUT2D eigenvalue weighted by molar-refractivity contribution is -0.124. The number of rotatable bonds is 5. The number of morpholine rings is 1. The van der Waals surface area contributed by atoms with Crippen LogP contribution in [0.15, 0.2) is 24.3 Å². The van der Waals surface area contributed by atoms with E-state index in [0.717, 1.165) is 19.5 Å². The SMILES string of the molecule is O=C(N[C@@H]1C[C@H]2CO[C@@H](CCO)CN2C1)C1(c2ccccc2F)CC1. The van der Waals surface area contributed by atoms with Gasteiger partial charge in [-0.2, -0.15) is 0 Å². The lowest BCUT2D eigenvalue weighted by atomic mass is 9.94. The van der Waals surface area contributed by atoms with Crippen LogP contribution in [-0.4, -0.2) is 60.4 Å². The summed E-state index contributed by atoms with van der Waals surface area (Å²) in [7, 11) is 0. The molecule has 0 radical (unpaired) electrons. The van der Waals surface area contributed by atoms with Crippen molar-refractivity contribution in [3.05, 3.63) is 35.6 Å². The number of fused-ring (bicyclic) bond motifs is 1. The van der Waals surface area contributed by atoms with Crippen molar-refractivity contribution in [2.45, 2.75) is 49.3 Å². The molecule has 2 saturated heterocycles. The van der Waals surface area contributed by atoms with Crippen molar-refractivity contribution >= 4 is 5.91 Å². The van der Waals surface area contributed by atoms with Gasteiger partial charge in [0.1, 0.15) is 5.82 Å². The molecular formula is C19H25FN2O3. The molecule has 1 aromatic rings. The van der Waals surface area contributed by atoms with Gasteiger partial charge in [-0.1, -0.05) is 18.2 Å². The summed E-state index contributed by atoms with van der Waals surface area (Å²) in [5, 5.41) is 12.2. The monoisotopic (exact) mass is 348 g/mol. The standard InChI is InChI=1S/C19H25FN2O3/c20-17-4-2-1-3-16(17)19(6-7-19)18(24)21-13-9-14-12-25-15(5-8-23)11-22(14)10-13/h1-4,13-15,23H,5-12H2,(H,21,24)/t13-,14+,15+/m1/s1. The second-order valence-corrected chi connectivity index (χ2v) is 7.54. The zero-order valence-corrected chi connectivity index (χ0v) is 14.3. The van der Waals surface area contributed by atoms with E-state index in [1.54, 1.807) is 18.2 Å². The minimum absolute atomic E-state index is 0.0460. The molecule has 1 saturated carbocycles. The number of halogens is 1. The van der Waals surface area contributed by atoms with Crippen molar-refractivity contribution in [2.24, 2.45) is 0 Å². The van der Waals surface area contributed by atoms with E-state index in [4.69, 9.17) is 9.84 Å². The van der Waals surface area contributed by atoms with E-state index < -0.39 is 5.41 Å². The molecule has 0 spiro atoms. The van der Waals surface area contributed by atoms with E-state index in [2.05, 4.69) is 10.2 Å². The van der Waals surface area contributed by atoms with Gasteiger partial charge >= 0.3 is 0 Å². The Kier molecular flexibility index (Phi) is 4.52. The zero-order chi connectivity index (χ0) is 17.4. The van der Waals surface area contributed by atoms with E-state index in [1.807, 2.05) is 0 Å². The quantitative estimate of drug-likeness (QED) is 0.839. The highest BCUT2D eigenvalue weighted by atomic mass is 19.1. The lowest BCUT2D eigenvalue weighted by Gasteiger charge is -2.34. The van der Waals surface area contributed by atoms with Gasteiger partial charge in [-0.3, -0.25) is 9.69 Å². The molecule has 2 aliphatic heterocycles. The van der Waals surface area contributed by atoms with Crippen LogP contribution in [0.5, 0.6) is 0 Å². The molecule has 2 heterocycles. The average Bonchev–Trinajstić information content (AvgIpc) is 3.31. The van der Waals surface area contributed by atoms with Crippen molar-refractivity contribution in [2.75, 3.05) is 26.3 Å². The van der Waals surface area contributed by atoms with Gasteiger partial charge in [0, 0.05) is 37.3 Å². The minimum Gasteiger partial charge on any atom is -0.396 e. The van der Waals surface area contributed by atoms with Gasteiger partial charge in [-0.15, -0.1) is 0 Å². The van der Waals surface area contributed by atoms with E-state index in [1.165, 1.54) is 6.07 Å². The number of nitrogens with one attached hydrogen (secondary N) is 1. The molecule has 0 unspecified atom stereocenters. The molecule has 0 bridgehead atoms. The summed E-state index contributed by atoms with van der Waals surface area (Å²) in [6.45, 7) is 2.38. The maximum atomic E-state index is 14.1. The van der Waals surface area contributed by atoms with E-state index >= 15 is 0 Å². The maximum Gasteiger partial charge on any atom is 0.231 e. The van der Waals surface area contributed by atoms with Crippen LogP contribution in [-0.2, 0) is 14.9 Å². The number of aliphatic hydroxyl groups is 1. The fraction of sp³-hybridized carbons (Fsp3) is 0.632. The van der Waals surface area contributed by atoms with Crippen LogP contribution in [0.3, 0.4) is 0 Å². The summed E-state index contributed by atoms with van der Waals surface area (Å²) in [6.07, 6.45) is 3.01. The van der Waals surface area contributed by atoms with E-state index in [9.17, 15) is 9.18 Å². The van der Waals surface area contributed by atoms with Crippen molar-refractivity contribution in [3.63, 3.8) is 0 Å². The average molecular weight is 348 g/mol. The lowest BCUT2D eigenvalue weighted by Crippen LogP contribution is -2.47. The molecule has 1 amide bonds. The fourth-order valence-electron chi connectivity index (χ4n) is 4.28. The van der Waals surface area contributed by atoms with Crippen LogP contribution in [0.25, 0.3) is 0 Å². The number of benzene rings is 1. The van der Waals surface area contributed by atoms with Gasteiger partial charge in [0.15, 0.2) is 0 Å². The summed E-state index contributed by atoms with van der Waals surface area (Å²) in [5.41, 5.74) is -0.153. The largest absolute Gasteiger partial charge is 0.396 e. The summed E-state index contributed by atoms with van der Waals surface area (Å²) >= 11 is 0. The van der Waals surface area contributed by atoms with Gasteiger partial charge in [0.2, 0.25) is 5.91 Å². The highest BCUT2D eigenvalue weighted by Gasteiger charge is 2.53. The molecule has 2 N–H and O–H groups in total. The first-order valence-corrected chi connectivity index (χ1v) is 9.15.